The molecule has 0 atom stereocenters. The standard InChI is InChI=1S/C11H13BN2O3/c1-7(2)11-13-10(14-17-11)8-3-5-9(6-4-8)12(15)16/h3-7,15-16H,1-2H3. The molecule has 0 unspecified atom stereocenters. The van der Waals surface area contributed by atoms with E-state index in [1.807, 2.05) is 13.8 Å². The second-order valence-corrected chi connectivity index (χ2v) is 4.11. The second kappa shape index (κ2) is 4.69. The lowest BCUT2D eigenvalue weighted by Gasteiger charge is -1.99. The highest BCUT2D eigenvalue weighted by Crippen LogP contribution is 2.18. The number of nitrogens with zero attached hydrogens (tertiary/aromatic N) is 2. The van der Waals surface area contributed by atoms with Crippen LogP contribution in [-0.2, 0) is 0 Å². The molecule has 0 radical (unpaired) electrons. The van der Waals surface area contributed by atoms with E-state index in [9.17, 15) is 0 Å². The maximum absolute atomic E-state index is 8.97. The smallest absolute Gasteiger partial charge is 0.423 e. The van der Waals surface area contributed by atoms with Gasteiger partial charge in [0, 0.05) is 11.5 Å². The van der Waals surface area contributed by atoms with Gasteiger partial charge in [0.15, 0.2) is 0 Å². The van der Waals surface area contributed by atoms with Gasteiger partial charge in [-0.1, -0.05) is 43.3 Å². The Morgan fingerprint density at radius 2 is 1.82 bits per heavy atom. The first-order valence-corrected chi connectivity index (χ1v) is 5.38. The van der Waals surface area contributed by atoms with E-state index >= 15 is 0 Å². The largest absolute Gasteiger partial charge is 0.488 e. The molecular weight excluding hydrogens is 219 g/mol. The molecule has 2 aromatic rings. The second-order valence-electron chi connectivity index (χ2n) is 4.11. The Hall–Kier alpha value is -1.66. The maximum atomic E-state index is 8.97. The molecule has 0 aliphatic rings. The predicted molar refractivity (Wildman–Crippen MR) is 63.6 cm³/mol. The summed E-state index contributed by atoms with van der Waals surface area (Å²) in [6.07, 6.45) is 0. The van der Waals surface area contributed by atoms with Crippen LogP contribution in [0.4, 0.5) is 0 Å². The van der Waals surface area contributed by atoms with Crippen molar-refractivity contribution in [3.8, 4) is 11.4 Å². The number of benzene rings is 1. The van der Waals surface area contributed by atoms with Gasteiger partial charge >= 0.3 is 7.12 Å². The fourth-order valence-electron chi connectivity index (χ4n) is 1.39. The predicted octanol–water partition coefficient (Wildman–Crippen LogP) is 0.540. The van der Waals surface area contributed by atoms with Crippen LogP contribution in [0.2, 0.25) is 0 Å². The molecule has 0 spiro atoms. The van der Waals surface area contributed by atoms with E-state index in [-0.39, 0.29) is 5.92 Å². The maximum Gasteiger partial charge on any atom is 0.488 e. The average Bonchev–Trinajstić information content (AvgIpc) is 2.78. The van der Waals surface area contributed by atoms with E-state index in [0.717, 1.165) is 5.56 Å². The summed E-state index contributed by atoms with van der Waals surface area (Å²) in [6, 6.07) is 6.68. The average molecular weight is 232 g/mol. The molecular formula is C11H13BN2O3. The normalized spacial score (nSPS) is 10.9. The minimum Gasteiger partial charge on any atom is -0.423 e. The van der Waals surface area contributed by atoms with Crippen LogP contribution in [-0.4, -0.2) is 27.3 Å². The molecule has 0 fully saturated rings. The van der Waals surface area contributed by atoms with Crippen molar-refractivity contribution in [2.24, 2.45) is 0 Å². The van der Waals surface area contributed by atoms with Crippen LogP contribution in [0, 0.1) is 0 Å². The van der Waals surface area contributed by atoms with Gasteiger partial charge in [-0.15, -0.1) is 0 Å². The fraction of sp³-hybridized carbons (Fsp3) is 0.273. The highest BCUT2D eigenvalue weighted by molar-refractivity contribution is 6.58. The molecule has 2 rings (SSSR count). The lowest BCUT2D eigenvalue weighted by Crippen LogP contribution is -2.29. The molecule has 6 heteroatoms. The zero-order chi connectivity index (χ0) is 12.4. The highest BCUT2D eigenvalue weighted by Gasteiger charge is 2.13. The Morgan fingerprint density at radius 3 is 2.29 bits per heavy atom. The molecule has 0 saturated carbocycles. The number of hydrogen-bond donors (Lipinski definition) is 2. The van der Waals surface area contributed by atoms with Gasteiger partial charge < -0.3 is 14.6 Å². The summed E-state index contributed by atoms with van der Waals surface area (Å²) in [5, 5.41) is 21.8. The van der Waals surface area contributed by atoms with Crippen molar-refractivity contribution in [3.05, 3.63) is 30.2 Å². The Morgan fingerprint density at radius 1 is 1.18 bits per heavy atom. The zero-order valence-corrected chi connectivity index (χ0v) is 9.66. The summed E-state index contributed by atoms with van der Waals surface area (Å²) in [7, 11) is -1.46. The minimum atomic E-state index is -1.46. The summed E-state index contributed by atoms with van der Waals surface area (Å²) in [5.74, 6) is 1.29. The summed E-state index contributed by atoms with van der Waals surface area (Å²) < 4.78 is 5.10. The molecule has 0 saturated heterocycles. The van der Waals surface area contributed by atoms with Crippen LogP contribution in [0.5, 0.6) is 0 Å². The van der Waals surface area contributed by atoms with Crippen LogP contribution in [0.3, 0.4) is 0 Å². The van der Waals surface area contributed by atoms with E-state index in [1.54, 1.807) is 24.3 Å². The van der Waals surface area contributed by atoms with E-state index in [4.69, 9.17) is 14.6 Å². The van der Waals surface area contributed by atoms with Crippen molar-refractivity contribution >= 4 is 12.6 Å². The number of hydrogen-bond acceptors (Lipinski definition) is 5. The van der Waals surface area contributed by atoms with Crippen LogP contribution in [0.25, 0.3) is 11.4 Å². The Balaban J connectivity index is 2.27. The van der Waals surface area contributed by atoms with Gasteiger partial charge in [-0.05, 0) is 5.46 Å². The highest BCUT2D eigenvalue weighted by atomic mass is 16.5. The Kier molecular flexibility index (Phi) is 3.26. The minimum absolute atomic E-state index is 0.190. The molecule has 1 heterocycles. The van der Waals surface area contributed by atoms with Crippen LogP contribution in [0.15, 0.2) is 28.8 Å². The van der Waals surface area contributed by atoms with Crippen molar-refractivity contribution in [1.29, 1.82) is 0 Å². The SMILES string of the molecule is CC(C)c1nc(-c2ccc(B(O)O)cc2)no1. The lowest BCUT2D eigenvalue weighted by molar-refractivity contribution is 0.365. The first-order chi connectivity index (χ1) is 8.08. The van der Waals surface area contributed by atoms with Crippen molar-refractivity contribution in [2.45, 2.75) is 19.8 Å². The van der Waals surface area contributed by atoms with E-state index in [2.05, 4.69) is 10.1 Å². The molecule has 0 amide bonds. The number of rotatable bonds is 3. The van der Waals surface area contributed by atoms with Crippen molar-refractivity contribution in [3.63, 3.8) is 0 Å². The third-order valence-corrected chi connectivity index (χ3v) is 2.40. The third kappa shape index (κ3) is 2.54. The van der Waals surface area contributed by atoms with Gasteiger partial charge in [0.2, 0.25) is 11.7 Å². The van der Waals surface area contributed by atoms with Gasteiger partial charge in [0.1, 0.15) is 0 Å². The molecule has 88 valence electrons. The topological polar surface area (TPSA) is 79.4 Å². The molecule has 5 nitrogen and oxygen atoms in total. The van der Waals surface area contributed by atoms with Crippen LogP contribution < -0.4 is 5.46 Å². The van der Waals surface area contributed by atoms with Gasteiger partial charge in [0.25, 0.3) is 0 Å². The van der Waals surface area contributed by atoms with E-state index < -0.39 is 7.12 Å². The fourth-order valence-corrected chi connectivity index (χ4v) is 1.39. The monoisotopic (exact) mass is 232 g/mol. The van der Waals surface area contributed by atoms with E-state index in [1.165, 1.54) is 0 Å². The molecule has 0 bridgehead atoms. The Labute approximate surface area is 99.2 Å². The van der Waals surface area contributed by atoms with Gasteiger partial charge in [-0.2, -0.15) is 4.98 Å². The molecule has 1 aromatic carbocycles. The zero-order valence-electron chi connectivity index (χ0n) is 9.66. The third-order valence-electron chi connectivity index (χ3n) is 2.40. The summed E-state index contributed by atoms with van der Waals surface area (Å²) in [4.78, 5) is 4.25. The Bertz CT molecular complexity index is 494. The van der Waals surface area contributed by atoms with Crippen molar-refractivity contribution < 1.29 is 14.6 Å². The van der Waals surface area contributed by atoms with Crippen molar-refractivity contribution in [2.75, 3.05) is 0 Å². The summed E-state index contributed by atoms with van der Waals surface area (Å²) in [6.45, 7) is 3.95. The van der Waals surface area contributed by atoms with Crippen LogP contribution in [0.1, 0.15) is 25.7 Å². The quantitative estimate of drug-likeness (QED) is 0.755. The first kappa shape index (κ1) is 11.8. The summed E-state index contributed by atoms with van der Waals surface area (Å²) >= 11 is 0. The first-order valence-electron chi connectivity index (χ1n) is 5.38. The molecule has 1 aromatic heterocycles. The molecule has 17 heavy (non-hydrogen) atoms. The van der Waals surface area contributed by atoms with Gasteiger partial charge in [-0.25, -0.2) is 0 Å². The van der Waals surface area contributed by atoms with Crippen molar-refractivity contribution in [1.82, 2.24) is 10.1 Å². The van der Waals surface area contributed by atoms with Gasteiger partial charge in [0.05, 0.1) is 0 Å². The molecule has 0 aliphatic carbocycles. The number of aromatic nitrogens is 2. The lowest BCUT2D eigenvalue weighted by atomic mass is 9.80. The molecule has 2 N–H and O–H groups in total. The summed E-state index contributed by atoms with van der Waals surface area (Å²) in [5.41, 5.74) is 1.21. The molecule has 0 aliphatic heterocycles. The van der Waals surface area contributed by atoms with Gasteiger partial charge in [-0.3, -0.25) is 0 Å². The van der Waals surface area contributed by atoms with E-state index in [0.29, 0.717) is 17.2 Å². The van der Waals surface area contributed by atoms with Crippen LogP contribution >= 0.6 is 0 Å².